The lowest BCUT2D eigenvalue weighted by Crippen LogP contribution is -2.22. The molecule has 0 aromatic heterocycles. The summed E-state index contributed by atoms with van der Waals surface area (Å²) < 4.78 is 0. The Morgan fingerprint density at radius 3 is 2.33 bits per heavy atom. The van der Waals surface area contributed by atoms with Gasteiger partial charge in [0.25, 0.3) is 0 Å². The number of hydrogen-bond donors (Lipinski definition) is 4. The fourth-order valence-electron chi connectivity index (χ4n) is 0.787. The molecule has 0 spiro atoms. The maximum absolute atomic E-state index is 10.0. The van der Waals surface area contributed by atoms with Gasteiger partial charge in [0, 0.05) is 0 Å². The lowest BCUT2D eigenvalue weighted by Gasteiger charge is -1.95. The van der Waals surface area contributed by atoms with Gasteiger partial charge in [0.1, 0.15) is 5.70 Å². The molecule has 6 heteroatoms. The molecule has 0 radical (unpaired) electrons. The molecule has 0 saturated heterocycles. The summed E-state index contributed by atoms with van der Waals surface area (Å²) in [5, 5.41) is 19.1. The highest BCUT2D eigenvalue weighted by Crippen LogP contribution is 1.91. The van der Waals surface area contributed by atoms with Crippen LogP contribution in [-0.2, 0) is 9.59 Å². The Kier molecular flexibility index (Phi) is 13.6. The molecule has 0 heterocycles. The van der Waals surface area contributed by atoms with Crippen LogP contribution in [0.5, 0.6) is 0 Å². The van der Waals surface area contributed by atoms with Gasteiger partial charge in [0.2, 0.25) is 0 Å². The van der Waals surface area contributed by atoms with E-state index in [2.05, 4.69) is 11.9 Å². The molecule has 18 heavy (non-hydrogen) atoms. The minimum absolute atomic E-state index is 0.0356. The van der Waals surface area contributed by atoms with Gasteiger partial charge in [-0.3, -0.25) is 4.79 Å². The molecule has 6 nitrogen and oxygen atoms in total. The van der Waals surface area contributed by atoms with Gasteiger partial charge in [-0.1, -0.05) is 25.5 Å². The average Bonchev–Trinajstić information content (AvgIpc) is 2.32. The van der Waals surface area contributed by atoms with Gasteiger partial charge in [0.05, 0.1) is 6.54 Å². The first-order valence-corrected chi connectivity index (χ1v) is 5.68. The van der Waals surface area contributed by atoms with Crippen LogP contribution >= 0.6 is 0 Å². The summed E-state index contributed by atoms with van der Waals surface area (Å²) in [5.41, 5.74) is 5.01. The summed E-state index contributed by atoms with van der Waals surface area (Å²) in [5.74, 6) is -1.86. The number of nitrogens with one attached hydrogen (secondary N) is 1. The lowest BCUT2D eigenvalue weighted by atomic mass is 10.3. The fraction of sp³-hybridized carbons (Fsp3) is 0.500. The van der Waals surface area contributed by atoms with Crippen LogP contribution in [0.15, 0.2) is 24.4 Å². The van der Waals surface area contributed by atoms with Gasteiger partial charge in [-0.2, -0.15) is 0 Å². The van der Waals surface area contributed by atoms with Gasteiger partial charge in [-0.15, -0.1) is 6.58 Å². The molecular weight excluding hydrogens is 236 g/mol. The number of carbonyl (C=O) groups is 2. The van der Waals surface area contributed by atoms with E-state index in [-0.39, 0.29) is 12.2 Å². The van der Waals surface area contributed by atoms with E-state index >= 15 is 0 Å². The summed E-state index contributed by atoms with van der Waals surface area (Å²) >= 11 is 0. The number of carboxylic acid groups (broad SMARTS) is 2. The first-order valence-electron chi connectivity index (χ1n) is 5.68. The van der Waals surface area contributed by atoms with Crippen molar-refractivity contribution in [1.29, 1.82) is 0 Å². The Bertz CT molecular complexity index is 288. The first-order chi connectivity index (χ1) is 8.45. The van der Waals surface area contributed by atoms with Gasteiger partial charge >= 0.3 is 11.9 Å². The minimum atomic E-state index is -1.04. The van der Waals surface area contributed by atoms with Crippen molar-refractivity contribution in [2.24, 2.45) is 5.73 Å². The second kappa shape index (κ2) is 13.2. The van der Waals surface area contributed by atoms with E-state index in [9.17, 15) is 9.59 Å². The SMILES string of the molecule is C=CCCNCC(=O)O.CCCC=C(N)C(=O)O. The molecule has 0 fully saturated rings. The van der Waals surface area contributed by atoms with Crippen molar-refractivity contribution in [1.82, 2.24) is 5.32 Å². The van der Waals surface area contributed by atoms with Crippen LogP contribution in [-0.4, -0.2) is 35.2 Å². The van der Waals surface area contributed by atoms with Crippen LogP contribution in [0.4, 0.5) is 0 Å². The van der Waals surface area contributed by atoms with Crippen LogP contribution in [0.1, 0.15) is 26.2 Å². The molecule has 5 N–H and O–H groups in total. The Balaban J connectivity index is 0. The van der Waals surface area contributed by atoms with E-state index < -0.39 is 11.9 Å². The fourth-order valence-corrected chi connectivity index (χ4v) is 0.787. The molecule has 0 rings (SSSR count). The number of unbranched alkanes of at least 4 members (excludes halogenated alkanes) is 1. The quantitative estimate of drug-likeness (QED) is 0.293. The highest BCUT2D eigenvalue weighted by molar-refractivity contribution is 5.85. The summed E-state index contributed by atoms with van der Waals surface area (Å²) in [6.45, 7) is 6.18. The highest BCUT2D eigenvalue weighted by atomic mass is 16.4. The molecule has 0 amide bonds. The number of allylic oxidation sites excluding steroid dienone is 1. The molecule has 104 valence electrons. The summed E-state index contributed by atoms with van der Waals surface area (Å²) in [4.78, 5) is 19.9. The largest absolute Gasteiger partial charge is 0.480 e. The maximum atomic E-state index is 10.0. The van der Waals surface area contributed by atoms with Gasteiger partial charge in [0.15, 0.2) is 0 Å². The summed E-state index contributed by atoms with van der Waals surface area (Å²) in [6, 6.07) is 0. The van der Waals surface area contributed by atoms with Crippen LogP contribution in [0.3, 0.4) is 0 Å². The van der Waals surface area contributed by atoms with Gasteiger partial charge in [-0.25, -0.2) is 4.79 Å². The van der Waals surface area contributed by atoms with Crippen molar-refractivity contribution in [3.8, 4) is 0 Å². The third-order valence-corrected chi connectivity index (χ3v) is 1.70. The second-order valence-electron chi connectivity index (χ2n) is 3.40. The summed E-state index contributed by atoms with van der Waals surface area (Å²) in [7, 11) is 0. The molecule has 0 unspecified atom stereocenters. The van der Waals surface area contributed by atoms with Crippen molar-refractivity contribution < 1.29 is 19.8 Å². The van der Waals surface area contributed by atoms with E-state index in [4.69, 9.17) is 15.9 Å². The molecule has 0 saturated carbocycles. The summed E-state index contributed by atoms with van der Waals surface area (Å²) in [6.07, 6.45) is 5.73. The molecule has 0 aliphatic heterocycles. The number of hydrogen-bond acceptors (Lipinski definition) is 4. The van der Waals surface area contributed by atoms with Crippen molar-refractivity contribution in [2.75, 3.05) is 13.1 Å². The van der Waals surface area contributed by atoms with E-state index in [1.807, 2.05) is 6.92 Å². The Morgan fingerprint density at radius 1 is 1.33 bits per heavy atom. The van der Waals surface area contributed by atoms with Crippen molar-refractivity contribution >= 4 is 11.9 Å². The second-order valence-corrected chi connectivity index (χ2v) is 3.40. The highest BCUT2D eigenvalue weighted by Gasteiger charge is 1.97. The topological polar surface area (TPSA) is 113 Å². The Labute approximate surface area is 107 Å². The third-order valence-electron chi connectivity index (χ3n) is 1.70. The standard InChI is InChI=1S/2C6H11NO2/c1-2-3-4-7-5-6(8)9;1-2-3-4-5(7)6(8)9/h2,7H,1,3-5H2,(H,8,9);4H,2-3,7H2,1H3,(H,8,9). The normalized spacial score (nSPS) is 10.2. The monoisotopic (exact) mass is 258 g/mol. The molecule has 0 aliphatic rings. The molecule has 0 aromatic carbocycles. The van der Waals surface area contributed by atoms with E-state index in [1.165, 1.54) is 6.08 Å². The van der Waals surface area contributed by atoms with Crippen LogP contribution in [0, 0.1) is 0 Å². The Morgan fingerprint density at radius 2 is 1.94 bits per heavy atom. The van der Waals surface area contributed by atoms with Gasteiger partial charge < -0.3 is 21.3 Å². The molecule has 0 aromatic rings. The minimum Gasteiger partial charge on any atom is -0.480 e. The predicted molar refractivity (Wildman–Crippen MR) is 70.1 cm³/mol. The molecular formula is C12H22N2O4. The zero-order valence-corrected chi connectivity index (χ0v) is 10.7. The van der Waals surface area contributed by atoms with Crippen molar-refractivity contribution in [2.45, 2.75) is 26.2 Å². The number of nitrogens with two attached hydrogens (primary N) is 1. The maximum Gasteiger partial charge on any atom is 0.351 e. The van der Waals surface area contributed by atoms with E-state index in [0.29, 0.717) is 6.54 Å². The average molecular weight is 258 g/mol. The molecule has 0 bridgehead atoms. The molecule has 0 aliphatic carbocycles. The zero-order chi connectivity index (χ0) is 14.4. The smallest absolute Gasteiger partial charge is 0.351 e. The third kappa shape index (κ3) is 16.6. The van der Waals surface area contributed by atoms with Crippen molar-refractivity contribution in [3.05, 3.63) is 24.4 Å². The van der Waals surface area contributed by atoms with E-state index in [0.717, 1.165) is 19.3 Å². The predicted octanol–water partition coefficient (Wildman–Crippen LogP) is 0.950. The van der Waals surface area contributed by atoms with E-state index in [1.54, 1.807) is 6.08 Å². The number of rotatable bonds is 8. The van der Waals surface area contributed by atoms with Crippen molar-refractivity contribution in [3.63, 3.8) is 0 Å². The van der Waals surface area contributed by atoms with Gasteiger partial charge in [-0.05, 0) is 19.4 Å². The lowest BCUT2D eigenvalue weighted by molar-refractivity contribution is -0.136. The van der Waals surface area contributed by atoms with Crippen LogP contribution in [0.25, 0.3) is 0 Å². The van der Waals surface area contributed by atoms with Crippen LogP contribution < -0.4 is 11.1 Å². The first kappa shape index (κ1) is 18.5. The molecule has 0 atom stereocenters. The zero-order valence-electron chi connectivity index (χ0n) is 10.7. The van der Waals surface area contributed by atoms with Crippen LogP contribution in [0.2, 0.25) is 0 Å². The Hall–Kier alpha value is -1.82. The number of carboxylic acids is 2. The number of aliphatic carboxylic acids is 2.